The molecular formula is C11H22N4O2S. The van der Waals surface area contributed by atoms with Gasteiger partial charge in [0.2, 0.25) is 0 Å². The summed E-state index contributed by atoms with van der Waals surface area (Å²) in [5, 5.41) is 0.0172. The summed E-state index contributed by atoms with van der Waals surface area (Å²) in [6.45, 7) is 8.60. The summed E-state index contributed by atoms with van der Waals surface area (Å²) in [6, 6.07) is 0. The van der Waals surface area contributed by atoms with Crippen molar-refractivity contribution in [3.63, 3.8) is 0 Å². The van der Waals surface area contributed by atoms with Crippen molar-refractivity contribution in [3.05, 3.63) is 6.33 Å². The van der Waals surface area contributed by atoms with Gasteiger partial charge in [0.25, 0.3) is 10.0 Å². The van der Waals surface area contributed by atoms with E-state index in [1.165, 1.54) is 10.9 Å². The molecule has 1 atom stereocenters. The van der Waals surface area contributed by atoms with Gasteiger partial charge in [-0.3, -0.25) is 0 Å². The molecule has 104 valence electrons. The van der Waals surface area contributed by atoms with Crippen LogP contribution >= 0.6 is 0 Å². The molecule has 1 rings (SSSR count). The fourth-order valence-corrected chi connectivity index (χ4v) is 2.73. The molecule has 0 radical (unpaired) electrons. The Kier molecular flexibility index (Phi) is 4.07. The van der Waals surface area contributed by atoms with Crippen LogP contribution in [-0.4, -0.2) is 24.5 Å². The van der Waals surface area contributed by atoms with Gasteiger partial charge >= 0.3 is 0 Å². The predicted molar refractivity (Wildman–Crippen MR) is 71.4 cm³/mol. The standard InChI is InChI=1S/C11H22N4O2S/c1-8(11(2,3)4)6-14-18(16,17)10-9(12)13-7-15(10)5/h7-8,14H,6,12H2,1-5H3. The number of aromatic nitrogens is 2. The molecule has 18 heavy (non-hydrogen) atoms. The zero-order valence-electron chi connectivity index (χ0n) is 11.6. The van der Waals surface area contributed by atoms with E-state index in [2.05, 4.69) is 30.5 Å². The Morgan fingerprint density at radius 3 is 2.44 bits per heavy atom. The van der Waals surface area contributed by atoms with Crippen molar-refractivity contribution < 1.29 is 8.42 Å². The van der Waals surface area contributed by atoms with Gasteiger partial charge in [0, 0.05) is 13.6 Å². The molecule has 3 N–H and O–H groups in total. The van der Waals surface area contributed by atoms with Gasteiger partial charge in [-0.2, -0.15) is 0 Å². The van der Waals surface area contributed by atoms with Crippen LogP contribution in [0.2, 0.25) is 0 Å². The second-order valence-corrected chi connectivity index (χ2v) is 7.35. The number of anilines is 1. The first-order valence-electron chi connectivity index (χ1n) is 5.82. The molecule has 0 spiro atoms. The smallest absolute Gasteiger partial charge is 0.260 e. The quantitative estimate of drug-likeness (QED) is 0.855. The molecule has 0 aliphatic carbocycles. The van der Waals surface area contributed by atoms with Gasteiger partial charge in [-0.15, -0.1) is 0 Å². The second kappa shape index (κ2) is 4.89. The summed E-state index contributed by atoms with van der Waals surface area (Å²) in [7, 11) is -2.01. The summed E-state index contributed by atoms with van der Waals surface area (Å²) >= 11 is 0. The largest absolute Gasteiger partial charge is 0.381 e. The summed E-state index contributed by atoms with van der Waals surface area (Å²) in [5.41, 5.74) is 5.61. The lowest BCUT2D eigenvalue weighted by molar-refractivity contribution is 0.263. The number of sulfonamides is 1. The van der Waals surface area contributed by atoms with E-state index in [1.54, 1.807) is 7.05 Å². The minimum absolute atomic E-state index is 0.0172. The Labute approximate surface area is 109 Å². The highest BCUT2D eigenvalue weighted by Gasteiger charge is 2.26. The van der Waals surface area contributed by atoms with E-state index in [4.69, 9.17) is 5.73 Å². The molecule has 0 fully saturated rings. The number of hydrogen-bond acceptors (Lipinski definition) is 4. The molecule has 6 nitrogen and oxygen atoms in total. The molecule has 1 aromatic heterocycles. The Bertz CT molecular complexity index is 494. The van der Waals surface area contributed by atoms with Crippen LogP contribution in [0.15, 0.2) is 11.4 Å². The normalized spacial score (nSPS) is 14.7. The van der Waals surface area contributed by atoms with Crippen LogP contribution in [0.1, 0.15) is 27.7 Å². The van der Waals surface area contributed by atoms with Crippen molar-refractivity contribution in [2.75, 3.05) is 12.3 Å². The van der Waals surface area contributed by atoms with Gasteiger partial charge < -0.3 is 10.3 Å². The van der Waals surface area contributed by atoms with Crippen molar-refractivity contribution in [1.82, 2.24) is 14.3 Å². The lowest BCUT2D eigenvalue weighted by Gasteiger charge is -2.27. The third kappa shape index (κ3) is 3.23. The first-order valence-corrected chi connectivity index (χ1v) is 7.30. The average molecular weight is 274 g/mol. The van der Waals surface area contributed by atoms with Gasteiger partial charge in [-0.05, 0) is 11.3 Å². The number of nitrogens with zero attached hydrogens (tertiary/aromatic N) is 2. The van der Waals surface area contributed by atoms with Crippen molar-refractivity contribution in [2.45, 2.75) is 32.7 Å². The molecular weight excluding hydrogens is 252 g/mol. The summed E-state index contributed by atoms with van der Waals surface area (Å²) < 4.78 is 28.2. The summed E-state index contributed by atoms with van der Waals surface area (Å²) in [4.78, 5) is 3.78. The maximum absolute atomic E-state index is 12.1. The number of hydrogen-bond donors (Lipinski definition) is 2. The van der Waals surface area contributed by atoms with Crippen LogP contribution in [0.5, 0.6) is 0 Å². The van der Waals surface area contributed by atoms with Gasteiger partial charge in [0.1, 0.15) is 0 Å². The number of nitrogens with one attached hydrogen (secondary N) is 1. The van der Waals surface area contributed by atoms with E-state index >= 15 is 0 Å². The number of nitrogen functional groups attached to an aromatic ring is 1. The molecule has 0 bridgehead atoms. The Hall–Kier alpha value is -1.08. The minimum Gasteiger partial charge on any atom is -0.381 e. The molecule has 7 heteroatoms. The molecule has 1 aromatic rings. The number of nitrogens with two attached hydrogens (primary N) is 1. The van der Waals surface area contributed by atoms with Gasteiger partial charge in [0.15, 0.2) is 10.8 Å². The van der Waals surface area contributed by atoms with E-state index in [1.807, 2.05) is 6.92 Å². The van der Waals surface area contributed by atoms with Crippen LogP contribution in [0.3, 0.4) is 0 Å². The Morgan fingerprint density at radius 1 is 1.50 bits per heavy atom. The molecule has 0 saturated carbocycles. The van der Waals surface area contributed by atoms with E-state index in [-0.39, 0.29) is 22.2 Å². The number of rotatable bonds is 4. The van der Waals surface area contributed by atoms with Gasteiger partial charge in [0.05, 0.1) is 6.33 Å². The maximum atomic E-state index is 12.1. The highest BCUT2D eigenvalue weighted by Crippen LogP contribution is 2.25. The number of imidazole rings is 1. The monoisotopic (exact) mass is 274 g/mol. The zero-order chi connectivity index (χ0) is 14.1. The molecule has 1 unspecified atom stereocenters. The van der Waals surface area contributed by atoms with Crippen LogP contribution in [0.4, 0.5) is 5.82 Å². The van der Waals surface area contributed by atoms with Gasteiger partial charge in [-0.1, -0.05) is 27.7 Å². The van der Waals surface area contributed by atoms with E-state index in [0.717, 1.165) is 0 Å². The van der Waals surface area contributed by atoms with Crippen LogP contribution < -0.4 is 10.5 Å². The summed E-state index contributed by atoms with van der Waals surface area (Å²) in [5.74, 6) is 0.232. The topological polar surface area (TPSA) is 90.0 Å². The van der Waals surface area contributed by atoms with Gasteiger partial charge in [-0.25, -0.2) is 18.1 Å². The molecule has 0 aromatic carbocycles. The highest BCUT2D eigenvalue weighted by atomic mass is 32.2. The lowest BCUT2D eigenvalue weighted by Crippen LogP contribution is -2.34. The molecule has 0 amide bonds. The minimum atomic E-state index is -3.61. The molecule has 1 heterocycles. The van der Waals surface area contributed by atoms with Crippen LogP contribution in [0.25, 0.3) is 0 Å². The first kappa shape index (κ1) is 15.0. The molecule has 0 aliphatic rings. The fourth-order valence-electron chi connectivity index (χ4n) is 1.37. The van der Waals surface area contributed by atoms with E-state index < -0.39 is 10.0 Å². The lowest BCUT2D eigenvalue weighted by atomic mass is 9.82. The Morgan fingerprint density at radius 2 is 2.06 bits per heavy atom. The highest BCUT2D eigenvalue weighted by molar-refractivity contribution is 7.89. The van der Waals surface area contributed by atoms with Crippen LogP contribution in [-0.2, 0) is 17.1 Å². The average Bonchev–Trinajstić information content (AvgIpc) is 2.54. The number of aryl methyl sites for hydroxylation is 1. The fraction of sp³-hybridized carbons (Fsp3) is 0.727. The Balaban J connectivity index is 2.85. The molecule has 0 aliphatic heterocycles. The van der Waals surface area contributed by atoms with Crippen molar-refractivity contribution >= 4 is 15.8 Å². The molecule has 0 saturated heterocycles. The predicted octanol–water partition coefficient (Wildman–Crippen LogP) is 0.963. The second-order valence-electron chi connectivity index (χ2n) is 5.66. The first-order chi connectivity index (χ1) is 8.05. The van der Waals surface area contributed by atoms with Crippen molar-refractivity contribution in [3.8, 4) is 0 Å². The van der Waals surface area contributed by atoms with Crippen molar-refractivity contribution in [1.29, 1.82) is 0 Å². The maximum Gasteiger partial charge on any atom is 0.260 e. The zero-order valence-corrected chi connectivity index (χ0v) is 12.4. The van der Waals surface area contributed by atoms with Crippen LogP contribution in [0, 0.1) is 11.3 Å². The van der Waals surface area contributed by atoms with Crippen molar-refractivity contribution in [2.24, 2.45) is 18.4 Å². The SMILES string of the molecule is CC(CNS(=O)(=O)c1c(N)ncn1C)C(C)(C)C. The third-order valence-corrected chi connectivity index (χ3v) is 4.77. The third-order valence-electron chi connectivity index (χ3n) is 3.22. The van der Waals surface area contributed by atoms with E-state index in [0.29, 0.717) is 6.54 Å². The summed E-state index contributed by atoms with van der Waals surface area (Å²) in [6.07, 6.45) is 1.39. The van der Waals surface area contributed by atoms with E-state index in [9.17, 15) is 8.42 Å².